The van der Waals surface area contributed by atoms with E-state index in [1.807, 2.05) is 0 Å². The van der Waals surface area contributed by atoms with Crippen molar-refractivity contribution < 1.29 is 23.5 Å². The lowest BCUT2D eigenvalue weighted by Gasteiger charge is -2.18. The van der Waals surface area contributed by atoms with Crippen LogP contribution in [0.2, 0.25) is 0 Å². The second-order valence-electron chi connectivity index (χ2n) is 8.86. The van der Waals surface area contributed by atoms with Gasteiger partial charge in [-0.1, -0.05) is 30.3 Å². The molecular formula is C28H20F2N4O5. The predicted molar refractivity (Wildman–Crippen MR) is 139 cm³/mol. The van der Waals surface area contributed by atoms with E-state index >= 15 is 4.39 Å². The second-order valence-corrected chi connectivity index (χ2v) is 8.86. The van der Waals surface area contributed by atoms with Crippen molar-refractivity contribution in [3.63, 3.8) is 0 Å². The average molecular weight is 530 g/mol. The number of rotatable bonds is 6. The lowest BCUT2D eigenvalue weighted by Crippen LogP contribution is -2.43. The van der Waals surface area contributed by atoms with Gasteiger partial charge in [0.05, 0.1) is 11.2 Å². The summed E-state index contributed by atoms with van der Waals surface area (Å²) in [5.74, 6) is -4.98. The van der Waals surface area contributed by atoms with Crippen LogP contribution in [0, 0.1) is 11.6 Å². The number of carbonyl (C=O) groups is 2. The minimum absolute atomic E-state index is 0.0118. The summed E-state index contributed by atoms with van der Waals surface area (Å²) in [7, 11) is 1.51. The van der Waals surface area contributed by atoms with Crippen LogP contribution in [0.5, 0.6) is 0 Å². The van der Waals surface area contributed by atoms with E-state index in [0.29, 0.717) is 22.0 Å². The number of hydrogen-bond acceptors (Lipinski definition) is 5. The van der Waals surface area contributed by atoms with Crippen LogP contribution in [0.3, 0.4) is 0 Å². The summed E-state index contributed by atoms with van der Waals surface area (Å²) < 4.78 is 32.0. The Morgan fingerprint density at radius 3 is 2.49 bits per heavy atom. The quantitative estimate of drug-likeness (QED) is 0.348. The molecule has 2 aromatic heterocycles. The van der Waals surface area contributed by atoms with E-state index in [9.17, 15) is 28.7 Å². The number of nitrogens with zero attached hydrogens (tertiary/aromatic N) is 3. The van der Waals surface area contributed by atoms with Gasteiger partial charge in [-0.3, -0.25) is 14.6 Å². The first-order valence-corrected chi connectivity index (χ1v) is 11.7. The third-order valence-corrected chi connectivity index (χ3v) is 6.44. The van der Waals surface area contributed by atoms with Gasteiger partial charge in [-0.25, -0.2) is 22.9 Å². The molecule has 0 spiro atoms. The number of amides is 1. The monoisotopic (exact) mass is 530 g/mol. The third-order valence-electron chi connectivity index (χ3n) is 6.44. The van der Waals surface area contributed by atoms with Gasteiger partial charge in [0.1, 0.15) is 23.2 Å². The molecule has 9 nitrogen and oxygen atoms in total. The molecule has 2 heterocycles. The Bertz CT molecular complexity index is 1920. The molecule has 0 saturated heterocycles. The summed E-state index contributed by atoms with van der Waals surface area (Å²) in [4.78, 5) is 54.1. The largest absolute Gasteiger partial charge is 0.480 e. The fraction of sp³-hybridized carbons (Fsp3) is 0.107. The first-order chi connectivity index (χ1) is 18.7. The topological polar surface area (TPSA) is 123 Å². The van der Waals surface area contributed by atoms with Gasteiger partial charge in [0.15, 0.2) is 0 Å². The zero-order valence-electron chi connectivity index (χ0n) is 20.4. The maximum absolute atomic E-state index is 15.0. The highest BCUT2D eigenvalue weighted by Gasteiger charge is 2.27. The van der Waals surface area contributed by atoms with Crippen LogP contribution in [0.25, 0.3) is 27.4 Å². The van der Waals surface area contributed by atoms with Crippen LogP contribution >= 0.6 is 0 Å². The van der Waals surface area contributed by atoms with Crippen LogP contribution in [0.1, 0.15) is 15.9 Å². The molecule has 0 fully saturated rings. The molecule has 5 aromatic rings. The molecule has 39 heavy (non-hydrogen) atoms. The van der Waals surface area contributed by atoms with E-state index in [1.165, 1.54) is 42.2 Å². The number of aliphatic carboxylic acids is 1. The van der Waals surface area contributed by atoms with Gasteiger partial charge in [0.25, 0.3) is 11.5 Å². The maximum Gasteiger partial charge on any atom is 0.335 e. The van der Waals surface area contributed by atoms with Crippen molar-refractivity contribution in [1.82, 2.24) is 19.4 Å². The summed E-state index contributed by atoms with van der Waals surface area (Å²) in [5, 5.41) is 13.0. The molecule has 3 aromatic carbocycles. The van der Waals surface area contributed by atoms with Gasteiger partial charge in [0, 0.05) is 48.8 Å². The van der Waals surface area contributed by atoms with Gasteiger partial charge >= 0.3 is 11.7 Å². The number of hydrogen-bond donors (Lipinski definition) is 2. The van der Waals surface area contributed by atoms with Crippen LogP contribution in [0.4, 0.5) is 8.78 Å². The van der Waals surface area contributed by atoms with Crippen molar-refractivity contribution >= 4 is 33.6 Å². The molecule has 2 N–H and O–H groups in total. The molecule has 0 aliphatic carbocycles. The Morgan fingerprint density at radius 2 is 1.72 bits per heavy atom. The highest BCUT2D eigenvalue weighted by atomic mass is 19.1. The Morgan fingerprint density at radius 1 is 1.00 bits per heavy atom. The van der Waals surface area contributed by atoms with Gasteiger partial charge < -0.3 is 15.0 Å². The molecule has 1 atom stereocenters. The fourth-order valence-corrected chi connectivity index (χ4v) is 4.53. The van der Waals surface area contributed by atoms with Crippen molar-refractivity contribution in [1.29, 1.82) is 0 Å². The molecule has 0 aliphatic rings. The molecule has 0 radical (unpaired) electrons. The van der Waals surface area contributed by atoms with Crippen LogP contribution < -0.4 is 16.6 Å². The predicted octanol–water partition coefficient (Wildman–Crippen LogP) is 2.94. The van der Waals surface area contributed by atoms with Crippen molar-refractivity contribution in [2.75, 3.05) is 0 Å². The summed E-state index contributed by atoms with van der Waals surface area (Å²) in [6, 6.07) is 13.2. The zero-order chi connectivity index (χ0) is 27.8. The fourth-order valence-electron chi connectivity index (χ4n) is 4.53. The number of aryl methyl sites for hydroxylation is 1. The number of nitrogens with one attached hydrogen (secondary N) is 1. The van der Waals surface area contributed by atoms with Crippen molar-refractivity contribution in [2.24, 2.45) is 7.05 Å². The number of aromatic nitrogens is 3. The molecule has 5 rings (SSSR count). The first kappa shape index (κ1) is 25.5. The van der Waals surface area contributed by atoms with Gasteiger partial charge in [-0.05, 0) is 29.1 Å². The standard InChI is InChI=1S/C28H20F2N4O5/c1-33-12-10-23(35)34(28(33)39)22-9-3-6-16-15(5-2-7-17(16)22)13-21(27(37)38)32-26(36)24-19(29)14-20-18(25(24)30)8-4-11-31-20/h2-12,14,21H,13H2,1H3,(H,32,36)(H,37,38)/t21-/m0/s1. The van der Waals surface area contributed by atoms with Crippen molar-refractivity contribution in [2.45, 2.75) is 12.5 Å². The van der Waals surface area contributed by atoms with Gasteiger partial charge in [-0.2, -0.15) is 0 Å². The molecule has 196 valence electrons. The highest BCUT2D eigenvalue weighted by Crippen LogP contribution is 2.26. The van der Waals surface area contributed by atoms with Gasteiger partial charge in [0.2, 0.25) is 0 Å². The lowest BCUT2D eigenvalue weighted by molar-refractivity contribution is -0.139. The van der Waals surface area contributed by atoms with E-state index < -0.39 is 46.4 Å². The third kappa shape index (κ3) is 4.54. The number of pyridine rings is 1. The Kier molecular flexibility index (Phi) is 6.48. The molecule has 0 saturated carbocycles. The molecule has 11 heteroatoms. The second kappa shape index (κ2) is 9.93. The van der Waals surface area contributed by atoms with Gasteiger partial charge in [-0.15, -0.1) is 0 Å². The number of fused-ring (bicyclic) bond motifs is 2. The lowest BCUT2D eigenvalue weighted by atomic mass is 9.97. The number of halogens is 2. The minimum Gasteiger partial charge on any atom is -0.480 e. The molecule has 1 amide bonds. The normalized spacial score (nSPS) is 12.0. The average Bonchev–Trinajstić information content (AvgIpc) is 2.91. The number of carboxylic acid groups (broad SMARTS) is 1. The Balaban J connectivity index is 1.53. The Hall–Kier alpha value is -5.19. The number of carbonyl (C=O) groups excluding carboxylic acids is 1. The number of benzene rings is 3. The van der Waals surface area contributed by atoms with Crippen molar-refractivity contribution in [3.05, 3.63) is 117 Å². The summed E-state index contributed by atoms with van der Waals surface area (Å²) in [5.41, 5.74) is -1.25. The first-order valence-electron chi connectivity index (χ1n) is 11.7. The molecular weight excluding hydrogens is 510 g/mol. The van der Waals surface area contributed by atoms with Crippen LogP contribution in [0.15, 0.2) is 82.6 Å². The van der Waals surface area contributed by atoms with Crippen LogP contribution in [-0.2, 0) is 18.3 Å². The summed E-state index contributed by atoms with van der Waals surface area (Å²) >= 11 is 0. The number of carboxylic acids is 1. The molecule has 0 aliphatic heterocycles. The Labute approximate surface area is 218 Å². The van der Waals surface area contributed by atoms with E-state index in [4.69, 9.17) is 0 Å². The van der Waals surface area contributed by atoms with Crippen molar-refractivity contribution in [3.8, 4) is 5.69 Å². The zero-order valence-corrected chi connectivity index (χ0v) is 20.4. The van der Waals surface area contributed by atoms with Crippen LogP contribution in [-0.4, -0.2) is 37.1 Å². The molecule has 0 unspecified atom stereocenters. The maximum atomic E-state index is 15.0. The van der Waals surface area contributed by atoms with E-state index in [1.54, 1.807) is 36.4 Å². The van der Waals surface area contributed by atoms with E-state index in [-0.39, 0.29) is 17.3 Å². The molecule has 0 bridgehead atoms. The summed E-state index contributed by atoms with van der Waals surface area (Å²) in [6.07, 6.45) is 2.46. The SMILES string of the molecule is Cn1ccc(=O)n(-c2cccc3c(C[C@H](NC(=O)c4c(F)cc5ncccc5c4F)C(=O)O)cccc23)c1=O. The smallest absolute Gasteiger partial charge is 0.335 e. The minimum atomic E-state index is -1.55. The highest BCUT2D eigenvalue weighted by molar-refractivity contribution is 6.00. The summed E-state index contributed by atoms with van der Waals surface area (Å²) in [6.45, 7) is 0. The van der Waals surface area contributed by atoms with E-state index in [0.717, 1.165) is 10.6 Å². The van der Waals surface area contributed by atoms with E-state index in [2.05, 4.69) is 10.3 Å².